The quantitative estimate of drug-likeness (QED) is 0.551. The first-order chi connectivity index (χ1) is 14.4. The highest BCUT2D eigenvalue weighted by atomic mass is 16.6. The van der Waals surface area contributed by atoms with Gasteiger partial charge in [-0.3, -0.25) is 4.90 Å². The Bertz CT molecular complexity index is 699. The molecule has 1 heterocycles. The molecule has 1 aromatic rings. The summed E-state index contributed by atoms with van der Waals surface area (Å²) in [5, 5.41) is 0. The largest absolute Gasteiger partial charge is 0.444 e. The molecule has 3 atom stereocenters. The van der Waals surface area contributed by atoms with Gasteiger partial charge < -0.3 is 14.3 Å². The summed E-state index contributed by atoms with van der Waals surface area (Å²) >= 11 is 0. The van der Waals surface area contributed by atoms with Crippen molar-refractivity contribution < 1.29 is 19.1 Å². The van der Waals surface area contributed by atoms with Gasteiger partial charge in [-0.05, 0) is 64.4 Å². The number of carbonyl (C=O) groups is 2. The van der Waals surface area contributed by atoms with Crippen LogP contribution in [0.15, 0.2) is 30.3 Å². The van der Waals surface area contributed by atoms with Gasteiger partial charge in [0.25, 0.3) is 0 Å². The maximum atomic E-state index is 13.4. The van der Waals surface area contributed by atoms with Crippen LogP contribution in [0.5, 0.6) is 0 Å². The molecule has 0 aromatic heterocycles. The number of ether oxygens (including phenoxy) is 2. The maximum Gasteiger partial charge on any atom is 0.411 e. The molecule has 1 amide bonds. The van der Waals surface area contributed by atoms with E-state index in [0.29, 0.717) is 25.6 Å². The lowest BCUT2D eigenvalue weighted by Crippen LogP contribution is -2.58. The van der Waals surface area contributed by atoms with E-state index in [1.165, 1.54) is 6.42 Å². The lowest BCUT2D eigenvalue weighted by atomic mass is 9.69. The summed E-state index contributed by atoms with van der Waals surface area (Å²) in [5.41, 5.74) is 0.392. The van der Waals surface area contributed by atoms with Crippen molar-refractivity contribution in [2.24, 2.45) is 5.92 Å². The molecule has 1 aromatic carbocycles. The van der Waals surface area contributed by atoms with E-state index in [4.69, 9.17) is 9.47 Å². The standard InChI is InChI=1S/C25H37NO4/c1-24(2,3)30-23(28)26-22(19-29-18-20-10-5-4-6-11-20)14-16-25(26)15-8-7-12-21(25)13-9-17-27/h4-6,10-11,17,21-22H,7-9,12-16,18-19H2,1-3H3/t21?,22-,25?/m0/s1. The summed E-state index contributed by atoms with van der Waals surface area (Å²) in [6.07, 6.45) is 8.43. The summed E-state index contributed by atoms with van der Waals surface area (Å²) in [6, 6.07) is 10.1. The summed E-state index contributed by atoms with van der Waals surface area (Å²) in [4.78, 5) is 26.5. The minimum absolute atomic E-state index is 0.0143. The molecule has 5 heteroatoms. The fourth-order valence-electron chi connectivity index (χ4n) is 5.34. The molecule has 1 aliphatic carbocycles. The highest BCUT2D eigenvalue weighted by Gasteiger charge is 2.54. The third-order valence-electron chi connectivity index (χ3n) is 6.57. The maximum absolute atomic E-state index is 13.4. The van der Waals surface area contributed by atoms with E-state index in [1.807, 2.05) is 43.9 Å². The smallest absolute Gasteiger partial charge is 0.411 e. The Balaban J connectivity index is 1.77. The van der Waals surface area contributed by atoms with Crippen molar-refractivity contribution in [2.45, 2.75) is 95.9 Å². The van der Waals surface area contributed by atoms with Crippen LogP contribution < -0.4 is 0 Å². The van der Waals surface area contributed by atoms with Crippen LogP contribution in [0.2, 0.25) is 0 Å². The predicted octanol–water partition coefficient (Wildman–Crippen LogP) is 5.51. The average molecular weight is 416 g/mol. The van der Waals surface area contributed by atoms with Crippen LogP contribution >= 0.6 is 0 Å². The van der Waals surface area contributed by atoms with Gasteiger partial charge in [0.15, 0.2) is 0 Å². The summed E-state index contributed by atoms with van der Waals surface area (Å²) in [6.45, 7) is 6.80. The normalized spacial score (nSPS) is 26.7. The lowest BCUT2D eigenvalue weighted by molar-refractivity contribution is -0.108. The van der Waals surface area contributed by atoms with Gasteiger partial charge in [0.1, 0.15) is 11.9 Å². The first kappa shape index (κ1) is 22.8. The summed E-state index contributed by atoms with van der Waals surface area (Å²) < 4.78 is 11.9. The second kappa shape index (κ2) is 9.95. The number of amides is 1. The van der Waals surface area contributed by atoms with Crippen molar-refractivity contribution in [3.63, 3.8) is 0 Å². The molecule has 0 bridgehead atoms. The van der Waals surface area contributed by atoms with Crippen LogP contribution in [-0.4, -0.2) is 41.1 Å². The van der Waals surface area contributed by atoms with Crippen LogP contribution in [-0.2, 0) is 20.9 Å². The van der Waals surface area contributed by atoms with E-state index in [0.717, 1.165) is 50.4 Å². The third kappa shape index (κ3) is 5.42. The fourth-order valence-corrected chi connectivity index (χ4v) is 5.34. The van der Waals surface area contributed by atoms with Gasteiger partial charge in [-0.25, -0.2) is 4.79 Å². The molecule has 1 aliphatic heterocycles. The summed E-state index contributed by atoms with van der Waals surface area (Å²) in [7, 11) is 0. The molecule has 0 radical (unpaired) electrons. The lowest BCUT2D eigenvalue weighted by Gasteiger charge is -2.49. The van der Waals surface area contributed by atoms with Gasteiger partial charge in [-0.15, -0.1) is 0 Å². The van der Waals surface area contributed by atoms with Crippen molar-refractivity contribution in [2.75, 3.05) is 6.61 Å². The van der Waals surface area contributed by atoms with E-state index in [1.54, 1.807) is 0 Å². The molecule has 2 aliphatic rings. The number of likely N-dealkylation sites (tertiary alicyclic amines) is 1. The zero-order valence-corrected chi connectivity index (χ0v) is 18.8. The van der Waals surface area contributed by atoms with Crippen molar-refractivity contribution >= 4 is 12.4 Å². The molecule has 2 fully saturated rings. The third-order valence-corrected chi connectivity index (χ3v) is 6.57. The monoisotopic (exact) mass is 415 g/mol. The minimum atomic E-state index is -0.538. The van der Waals surface area contributed by atoms with Crippen molar-refractivity contribution in [1.82, 2.24) is 4.90 Å². The highest BCUT2D eigenvalue weighted by Crippen LogP contribution is 2.50. The van der Waals surface area contributed by atoms with Gasteiger partial charge in [-0.2, -0.15) is 0 Å². The van der Waals surface area contributed by atoms with Crippen molar-refractivity contribution in [1.29, 1.82) is 0 Å². The molecule has 166 valence electrons. The Morgan fingerprint density at radius 2 is 1.93 bits per heavy atom. The van der Waals surface area contributed by atoms with E-state index >= 15 is 0 Å². The summed E-state index contributed by atoms with van der Waals surface area (Å²) in [5.74, 6) is 0.350. The van der Waals surface area contributed by atoms with E-state index in [-0.39, 0.29) is 17.7 Å². The molecule has 0 N–H and O–H groups in total. The molecule has 30 heavy (non-hydrogen) atoms. The zero-order valence-electron chi connectivity index (χ0n) is 18.8. The molecule has 3 rings (SSSR count). The van der Waals surface area contributed by atoms with Crippen LogP contribution in [0.1, 0.15) is 77.7 Å². The average Bonchev–Trinajstić information content (AvgIpc) is 3.05. The number of aldehydes is 1. The molecule has 1 saturated heterocycles. The molecule has 5 nitrogen and oxygen atoms in total. The van der Waals surface area contributed by atoms with Crippen molar-refractivity contribution in [3.05, 3.63) is 35.9 Å². The molecule has 2 unspecified atom stereocenters. The number of rotatable bonds is 7. The number of benzene rings is 1. The van der Waals surface area contributed by atoms with Gasteiger partial charge in [0, 0.05) is 12.0 Å². The molecular weight excluding hydrogens is 378 g/mol. The zero-order chi connectivity index (χ0) is 21.6. The predicted molar refractivity (Wildman–Crippen MR) is 117 cm³/mol. The highest BCUT2D eigenvalue weighted by molar-refractivity contribution is 5.70. The van der Waals surface area contributed by atoms with Gasteiger partial charge in [0.05, 0.1) is 19.3 Å². The number of hydrogen-bond acceptors (Lipinski definition) is 4. The number of carbonyl (C=O) groups excluding carboxylic acids is 2. The number of nitrogens with zero attached hydrogens (tertiary/aromatic N) is 1. The van der Waals surface area contributed by atoms with E-state index in [9.17, 15) is 9.59 Å². The molecule has 1 saturated carbocycles. The fraction of sp³-hybridized carbons (Fsp3) is 0.680. The Kier molecular flexibility index (Phi) is 7.56. The minimum Gasteiger partial charge on any atom is -0.444 e. The van der Waals surface area contributed by atoms with Crippen LogP contribution in [0.25, 0.3) is 0 Å². The Hall–Kier alpha value is -1.88. The van der Waals surface area contributed by atoms with Gasteiger partial charge >= 0.3 is 6.09 Å². The Labute approximate surface area is 181 Å². The van der Waals surface area contributed by atoms with Crippen molar-refractivity contribution in [3.8, 4) is 0 Å². The van der Waals surface area contributed by atoms with Crippen LogP contribution in [0.3, 0.4) is 0 Å². The van der Waals surface area contributed by atoms with Gasteiger partial charge in [-0.1, -0.05) is 43.2 Å². The second-order valence-electron chi connectivity index (χ2n) is 9.83. The Morgan fingerprint density at radius 1 is 1.17 bits per heavy atom. The van der Waals surface area contributed by atoms with E-state index < -0.39 is 5.60 Å². The first-order valence-corrected chi connectivity index (χ1v) is 11.4. The van der Waals surface area contributed by atoms with Crippen LogP contribution in [0.4, 0.5) is 4.79 Å². The SMILES string of the molecule is CC(C)(C)OC(=O)N1[C@H](COCc2ccccc2)CCC12CCCCC2CCC=O. The van der Waals surface area contributed by atoms with E-state index in [2.05, 4.69) is 12.1 Å². The molecular formula is C25H37NO4. The molecule has 1 spiro atoms. The van der Waals surface area contributed by atoms with Gasteiger partial charge in [0.2, 0.25) is 0 Å². The second-order valence-corrected chi connectivity index (χ2v) is 9.83. The number of hydrogen-bond donors (Lipinski definition) is 0. The van der Waals surface area contributed by atoms with Crippen LogP contribution in [0, 0.1) is 5.92 Å². The Morgan fingerprint density at radius 3 is 2.63 bits per heavy atom. The topological polar surface area (TPSA) is 55.8 Å². The first-order valence-electron chi connectivity index (χ1n) is 11.4.